The van der Waals surface area contributed by atoms with Crippen LogP contribution in [0.3, 0.4) is 0 Å². The quantitative estimate of drug-likeness (QED) is 0.703. The second-order valence-corrected chi connectivity index (χ2v) is 8.11. The number of primary amides is 1. The summed E-state index contributed by atoms with van der Waals surface area (Å²) in [4.78, 5) is 32.1. The molecule has 0 saturated carbocycles. The molecule has 1 aliphatic rings. The number of nitrogens with two attached hydrogens (primary N) is 1. The highest BCUT2D eigenvalue weighted by molar-refractivity contribution is 7.99. The summed E-state index contributed by atoms with van der Waals surface area (Å²) in [6.45, 7) is 1.43. The zero-order valence-electron chi connectivity index (χ0n) is 14.0. The molecule has 4 rings (SSSR count). The molecule has 26 heavy (non-hydrogen) atoms. The van der Waals surface area contributed by atoms with Crippen LogP contribution >= 0.6 is 23.1 Å². The van der Waals surface area contributed by atoms with Crippen LogP contribution in [-0.4, -0.2) is 34.0 Å². The highest BCUT2D eigenvalue weighted by atomic mass is 32.2. The average molecular weight is 383 g/mol. The van der Waals surface area contributed by atoms with Gasteiger partial charge in [-0.05, 0) is 35.6 Å². The van der Waals surface area contributed by atoms with Crippen LogP contribution in [0.2, 0.25) is 0 Å². The smallest absolute Gasteiger partial charge is 0.249 e. The number of para-hydroxylation sites is 1. The number of hydrogen-bond donors (Lipinski definition) is 1. The second-order valence-electron chi connectivity index (χ2n) is 6.11. The number of aromatic nitrogens is 1. The number of benzene rings is 1. The van der Waals surface area contributed by atoms with Crippen LogP contribution in [0.25, 0.3) is 10.9 Å². The van der Waals surface area contributed by atoms with Gasteiger partial charge in [0.1, 0.15) is 0 Å². The largest absolute Gasteiger partial charge is 0.366 e. The van der Waals surface area contributed by atoms with Crippen molar-refractivity contribution in [3.63, 3.8) is 0 Å². The first-order chi connectivity index (χ1) is 12.6. The van der Waals surface area contributed by atoms with Crippen molar-refractivity contribution in [3.05, 3.63) is 57.8 Å². The maximum Gasteiger partial charge on any atom is 0.249 e. The summed E-state index contributed by atoms with van der Waals surface area (Å²) < 4.78 is 0. The summed E-state index contributed by atoms with van der Waals surface area (Å²) in [5.41, 5.74) is 7.90. The molecule has 0 radical (unpaired) electrons. The summed E-state index contributed by atoms with van der Waals surface area (Å²) in [6.07, 6.45) is 0.920. The Morgan fingerprint density at radius 3 is 2.96 bits per heavy atom. The van der Waals surface area contributed by atoms with E-state index >= 15 is 0 Å². The van der Waals surface area contributed by atoms with Gasteiger partial charge in [-0.25, -0.2) is 4.98 Å². The Hall–Kier alpha value is -2.38. The Bertz CT molecular complexity index is 999. The van der Waals surface area contributed by atoms with Gasteiger partial charge in [-0.15, -0.1) is 11.3 Å². The number of pyridine rings is 1. The van der Waals surface area contributed by atoms with Gasteiger partial charge >= 0.3 is 0 Å². The van der Waals surface area contributed by atoms with Gasteiger partial charge in [0.2, 0.25) is 11.8 Å². The van der Waals surface area contributed by atoms with Crippen LogP contribution < -0.4 is 5.73 Å². The van der Waals surface area contributed by atoms with Gasteiger partial charge in [-0.3, -0.25) is 9.59 Å². The fourth-order valence-electron chi connectivity index (χ4n) is 3.12. The third kappa shape index (κ3) is 3.32. The zero-order chi connectivity index (χ0) is 18.1. The Labute approximate surface area is 159 Å². The fraction of sp³-hybridized carbons (Fsp3) is 0.211. The van der Waals surface area contributed by atoms with Crippen molar-refractivity contribution in [2.24, 2.45) is 5.73 Å². The minimum atomic E-state index is -0.488. The van der Waals surface area contributed by atoms with Crippen LogP contribution in [0.15, 0.2) is 46.8 Å². The van der Waals surface area contributed by atoms with Gasteiger partial charge in [0.25, 0.3) is 0 Å². The Morgan fingerprint density at radius 1 is 1.27 bits per heavy atom. The number of hydrogen-bond acceptors (Lipinski definition) is 5. The van der Waals surface area contributed by atoms with Crippen molar-refractivity contribution in [1.82, 2.24) is 9.88 Å². The molecule has 3 aromatic rings. The van der Waals surface area contributed by atoms with Crippen LogP contribution in [0.4, 0.5) is 0 Å². The molecule has 2 aromatic heterocycles. The van der Waals surface area contributed by atoms with E-state index in [4.69, 9.17) is 5.73 Å². The normalized spacial score (nSPS) is 13.6. The number of carbonyl (C=O) groups is 2. The molecular formula is C19H17N3O2S2. The predicted molar refractivity (Wildman–Crippen MR) is 104 cm³/mol. The molecule has 3 heterocycles. The fourth-order valence-corrected chi connectivity index (χ4v) is 4.82. The SMILES string of the molecule is NC(=O)c1cc(SCC(=O)N2CCc3sccc3C2)nc2ccccc12. The molecular weight excluding hydrogens is 366 g/mol. The molecule has 0 aliphatic carbocycles. The van der Waals surface area contributed by atoms with Crippen LogP contribution in [-0.2, 0) is 17.8 Å². The average Bonchev–Trinajstić information content (AvgIpc) is 3.13. The zero-order valence-corrected chi connectivity index (χ0v) is 15.6. The van der Waals surface area contributed by atoms with Crippen molar-refractivity contribution in [1.29, 1.82) is 0 Å². The molecule has 1 aliphatic heterocycles. The lowest BCUT2D eigenvalue weighted by Gasteiger charge is -2.26. The van der Waals surface area contributed by atoms with Gasteiger partial charge in [0, 0.05) is 23.4 Å². The number of rotatable bonds is 4. The van der Waals surface area contributed by atoms with Crippen LogP contribution in [0.1, 0.15) is 20.8 Å². The lowest BCUT2D eigenvalue weighted by atomic mass is 10.1. The van der Waals surface area contributed by atoms with E-state index in [2.05, 4.69) is 16.4 Å². The predicted octanol–water partition coefficient (Wildman–Crippen LogP) is 3.07. The number of amides is 2. The molecule has 2 amide bonds. The summed E-state index contributed by atoms with van der Waals surface area (Å²) in [5.74, 6) is -0.108. The van der Waals surface area contributed by atoms with Gasteiger partial charge < -0.3 is 10.6 Å². The van der Waals surface area contributed by atoms with Crippen molar-refractivity contribution in [2.45, 2.75) is 18.0 Å². The maximum absolute atomic E-state index is 12.6. The summed E-state index contributed by atoms with van der Waals surface area (Å²) >= 11 is 3.10. The van der Waals surface area contributed by atoms with Gasteiger partial charge in [-0.2, -0.15) is 0 Å². The van der Waals surface area contributed by atoms with E-state index in [1.54, 1.807) is 17.4 Å². The highest BCUT2D eigenvalue weighted by Gasteiger charge is 2.21. The molecule has 2 N–H and O–H groups in total. The van der Waals surface area contributed by atoms with E-state index < -0.39 is 5.91 Å². The van der Waals surface area contributed by atoms with Gasteiger partial charge in [0.05, 0.1) is 21.9 Å². The lowest BCUT2D eigenvalue weighted by molar-refractivity contribution is -0.129. The second kappa shape index (κ2) is 7.09. The Kier molecular flexibility index (Phi) is 4.65. The monoisotopic (exact) mass is 383 g/mol. The first kappa shape index (κ1) is 17.1. The van der Waals surface area contributed by atoms with E-state index in [0.717, 1.165) is 18.4 Å². The number of carbonyl (C=O) groups excluding carboxylic acids is 2. The van der Waals surface area contributed by atoms with E-state index in [1.165, 1.54) is 22.2 Å². The minimum Gasteiger partial charge on any atom is -0.366 e. The molecule has 132 valence electrons. The summed E-state index contributed by atoms with van der Waals surface area (Å²) in [5, 5.41) is 3.45. The van der Waals surface area contributed by atoms with E-state index in [9.17, 15) is 9.59 Å². The summed E-state index contributed by atoms with van der Waals surface area (Å²) in [7, 11) is 0. The van der Waals surface area contributed by atoms with E-state index in [1.807, 2.05) is 29.2 Å². The molecule has 0 saturated heterocycles. The molecule has 0 atom stereocenters. The molecule has 7 heteroatoms. The third-order valence-corrected chi connectivity index (χ3v) is 6.38. The highest BCUT2D eigenvalue weighted by Crippen LogP contribution is 2.27. The number of thioether (sulfide) groups is 1. The molecule has 0 bridgehead atoms. The van der Waals surface area contributed by atoms with Crippen molar-refractivity contribution in [3.8, 4) is 0 Å². The molecule has 0 unspecified atom stereocenters. The van der Waals surface area contributed by atoms with Crippen molar-refractivity contribution < 1.29 is 9.59 Å². The van der Waals surface area contributed by atoms with E-state index in [0.29, 0.717) is 28.4 Å². The van der Waals surface area contributed by atoms with Crippen molar-refractivity contribution in [2.75, 3.05) is 12.3 Å². The van der Waals surface area contributed by atoms with E-state index in [-0.39, 0.29) is 5.91 Å². The third-order valence-electron chi connectivity index (χ3n) is 4.46. The molecule has 5 nitrogen and oxygen atoms in total. The number of thiophene rings is 1. The first-order valence-electron chi connectivity index (χ1n) is 8.27. The van der Waals surface area contributed by atoms with Crippen LogP contribution in [0.5, 0.6) is 0 Å². The number of fused-ring (bicyclic) bond motifs is 2. The minimum absolute atomic E-state index is 0.0856. The molecule has 1 aromatic carbocycles. The lowest BCUT2D eigenvalue weighted by Crippen LogP contribution is -2.36. The Balaban J connectivity index is 1.49. The van der Waals surface area contributed by atoms with Gasteiger partial charge in [-0.1, -0.05) is 30.0 Å². The van der Waals surface area contributed by atoms with Crippen molar-refractivity contribution >= 4 is 45.8 Å². The first-order valence-corrected chi connectivity index (χ1v) is 10.1. The maximum atomic E-state index is 12.6. The Morgan fingerprint density at radius 2 is 2.12 bits per heavy atom. The van der Waals surface area contributed by atoms with Gasteiger partial charge in [0.15, 0.2) is 0 Å². The number of nitrogens with zero attached hydrogens (tertiary/aromatic N) is 2. The summed E-state index contributed by atoms with van der Waals surface area (Å²) in [6, 6.07) is 11.2. The van der Waals surface area contributed by atoms with Crippen LogP contribution in [0, 0.1) is 0 Å². The molecule has 0 fully saturated rings. The topological polar surface area (TPSA) is 76.3 Å². The standard InChI is InChI=1S/C19H17N3O2S2/c20-19(24)14-9-17(21-15-4-2-1-3-13(14)15)26-11-18(23)22-7-5-16-12(10-22)6-8-25-16/h1-4,6,8-9H,5,7,10-11H2,(H2,20,24). The molecule has 0 spiro atoms.